The quantitative estimate of drug-likeness (QED) is 0.349. The number of hydrogen-bond donors (Lipinski definition) is 1. The summed E-state index contributed by atoms with van der Waals surface area (Å²) in [5.74, 6) is 0.363. The average molecular weight is 483 g/mol. The Morgan fingerprint density at radius 2 is 1.80 bits per heavy atom. The summed E-state index contributed by atoms with van der Waals surface area (Å²) >= 11 is 0. The molecule has 0 unspecified atom stereocenters. The fourth-order valence-electron chi connectivity index (χ4n) is 4.38. The molecule has 0 bridgehead atoms. The van der Waals surface area contributed by atoms with Gasteiger partial charge in [0.1, 0.15) is 30.5 Å². The van der Waals surface area contributed by atoms with Crippen LogP contribution in [-0.4, -0.2) is 81.2 Å². The largest absolute Gasteiger partial charge is 0.507 e. The summed E-state index contributed by atoms with van der Waals surface area (Å²) in [6, 6.07) is 9.30. The van der Waals surface area contributed by atoms with Crippen LogP contribution in [0.4, 0.5) is 0 Å². The predicted molar refractivity (Wildman–Crippen MR) is 129 cm³/mol. The minimum Gasteiger partial charge on any atom is -0.507 e. The average Bonchev–Trinajstić information content (AvgIpc) is 3.12. The second-order valence-corrected chi connectivity index (χ2v) is 8.62. The number of carbonyl (C=O) groups is 2. The maximum absolute atomic E-state index is 13.3. The SMILES string of the molecule is COc1ccc([C@@H]2C(=C(O)c3ccc4c(c3)OCCO4)C(=O)C(=O)N2CCCN(C)C)c(OC)c1. The molecule has 4 rings (SSSR count). The van der Waals surface area contributed by atoms with E-state index in [1.165, 1.54) is 12.0 Å². The van der Waals surface area contributed by atoms with Crippen LogP contribution in [0, 0.1) is 0 Å². The van der Waals surface area contributed by atoms with E-state index in [2.05, 4.69) is 0 Å². The summed E-state index contributed by atoms with van der Waals surface area (Å²) in [5.41, 5.74) is 0.939. The first-order valence-electron chi connectivity index (χ1n) is 11.4. The number of carbonyl (C=O) groups excluding carboxylic acids is 2. The maximum Gasteiger partial charge on any atom is 0.295 e. The second kappa shape index (κ2) is 10.3. The van der Waals surface area contributed by atoms with Gasteiger partial charge >= 0.3 is 0 Å². The van der Waals surface area contributed by atoms with Crippen molar-refractivity contribution >= 4 is 17.4 Å². The molecule has 2 aliphatic rings. The molecular weight excluding hydrogens is 452 g/mol. The van der Waals surface area contributed by atoms with E-state index in [1.807, 2.05) is 19.0 Å². The molecule has 35 heavy (non-hydrogen) atoms. The molecule has 1 saturated heterocycles. The number of hydrogen-bond acceptors (Lipinski definition) is 8. The number of benzene rings is 2. The monoisotopic (exact) mass is 482 g/mol. The third-order valence-electron chi connectivity index (χ3n) is 6.10. The summed E-state index contributed by atoms with van der Waals surface area (Å²) in [4.78, 5) is 30.0. The molecular formula is C26H30N2O7. The molecule has 1 amide bonds. The molecule has 2 aliphatic heterocycles. The molecule has 0 saturated carbocycles. The zero-order chi connectivity index (χ0) is 25.1. The smallest absolute Gasteiger partial charge is 0.295 e. The molecule has 1 fully saturated rings. The van der Waals surface area contributed by atoms with Crippen molar-refractivity contribution in [1.29, 1.82) is 0 Å². The lowest BCUT2D eigenvalue weighted by Crippen LogP contribution is -2.32. The van der Waals surface area contributed by atoms with Gasteiger partial charge in [-0.25, -0.2) is 0 Å². The van der Waals surface area contributed by atoms with Gasteiger partial charge in [-0.2, -0.15) is 0 Å². The van der Waals surface area contributed by atoms with Crippen LogP contribution in [0.2, 0.25) is 0 Å². The van der Waals surface area contributed by atoms with E-state index in [1.54, 1.807) is 43.5 Å². The lowest BCUT2D eigenvalue weighted by atomic mass is 9.94. The van der Waals surface area contributed by atoms with Gasteiger partial charge in [0.15, 0.2) is 11.5 Å². The normalized spacial score (nSPS) is 18.8. The number of amides is 1. The number of likely N-dealkylation sites (tertiary alicyclic amines) is 1. The summed E-state index contributed by atoms with van der Waals surface area (Å²) < 4.78 is 22.1. The number of fused-ring (bicyclic) bond motifs is 1. The molecule has 0 aromatic heterocycles. The fraction of sp³-hybridized carbons (Fsp3) is 0.385. The van der Waals surface area contributed by atoms with Crippen molar-refractivity contribution in [2.24, 2.45) is 0 Å². The van der Waals surface area contributed by atoms with Crippen molar-refractivity contribution in [2.75, 3.05) is 54.6 Å². The first-order chi connectivity index (χ1) is 16.8. The van der Waals surface area contributed by atoms with Crippen LogP contribution in [0.25, 0.3) is 5.76 Å². The Balaban J connectivity index is 1.84. The topological polar surface area (TPSA) is 97.8 Å². The van der Waals surface area contributed by atoms with Crippen LogP contribution in [0.1, 0.15) is 23.6 Å². The van der Waals surface area contributed by atoms with E-state index >= 15 is 0 Å². The van der Waals surface area contributed by atoms with Crippen molar-refractivity contribution in [2.45, 2.75) is 12.5 Å². The lowest BCUT2D eigenvalue weighted by Gasteiger charge is -2.27. The van der Waals surface area contributed by atoms with Crippen molar-refractivity contribution in [1.82, 2.24) is 9.80 Å². The highest BCUT2D eigenvalue weighted by Crippen LogP contribution is 2.44. The Bertz CT molecular complexity index is 1160. The van der Waals surface area contributed by atoms with Crippen LogP contribution in [0.15, 0.2) is 42.0 Å². The van der Waals surface area contributed by atoms with E-state index < -0.39 is 17.7 Å². The van der Waals surface area contributed by atoms with Gasteiger partial charge in [-0.15, -0.1) is 0 Å². The minimum absolute atomic E-state index is 0.00000213. The molecule has 0 aliphatic carbocycles. The number of ketones is 1. The van der Waals surface area contributed by atoms with E-state index in [9.17, 15) is 14.7 Å². The Hall–Kier alpha value is -3.72. The fourth-order valence-corrected chi connectivity index (χ4v) is 4.38. The van der Waals surface area contributed by atoms with Crippen LogP contribution in [0.3, 0.4) is 0 Å². The van der Waals surface area contributed by atoms with Crippen molar-refractivity contribution in [3.8, 4) is 23.0 Å². The van der Waals surface area contributed by atoms with E-state index in [0.29, 0.717) is 60.3 Å². The first-order valence-corrected chi connectivity index (χ1v) is 11.4. The van der Waals surface area contributed by atoms with Crippen LogP contribution in [-0.2, 0) is 9.59 Å². The highest BCUT2D eigenvalue weighted by Gasteiger charge is 2.47. The van der Waals surface area contributed by atoms with Gasteiger partial charge in [0.25, 0.3) is 11.7 Å². The second-order valence-electron chi connectivity index (χ2n) is 8.62. The maximum atomic E-state index is 13.3. The summed E-state index contributed by atoms with van der Waals surface area (Å²) in [6.07, 6.45) is 0.652. The molecule has 2 aromatic rings. The van der Waals surface area contributed by atoms with E-state index in [0.717, 1.165) is 6.54 Å². The number of nitrogens with zero attached hydrogens (tertiary/aromatic N) is 2. The third kappa shape index (κ3) is 4.77. The van der Waals surface area contributed by atoms with Gasteiger partial charge < -0.3 is 33.9 Å². The van der Waals surface area contributed by atoms with Crippen molar-refractivity contribution < 1.29 is 33.6 Å². The molecule has 0 radical (unpaired) electrons. The highest BCUT2D eigenvalue weighted by molar-refractivity contribution is 6.46. The Labute approximate surface area is 204 Å². The number of aliphatic hydroxyl groups is 1. The highest BCUT2D eigenvalue weighted by atomic mass is 16.6. The number of rotatable bonds is 8. The third-order valence-corrected chi connectivity index (χ3v) is 6.10. The van der Waals surface area contributed by atoms with Crippen LogP contribution >= 0.6 is 0 Å². The molecule has 0 spiro atoms. The van der Waals surface area contributed by atoms with E-state index in [-0.39, 0.29) is 11.3 Å². The lowest BCUT2D eigenvalue weighted by molar-refractivity contribution is -0.140. The predicted octanol–water partition coefficient (Wildman–Crippen LogP) is 2.85. The van der Waals surface area contributed by atoms with Crippen molar-refractivity contribution in [3.63, 3.8) is 0 Å². The summed E-state index contributed by atoms with van der Waals surface area (Å²) in [5, 5.41) is 11.3. The molecule has 2 aromatic carbocycles. The molecule has 9 nitrogen and oxygen atoms in total. The van der Waals surface area contributed by atoms with Gasteiger partial charge in [0, 0.05) is 23.7 Å². The van der Waals surface area contributed by atoms with Crippen LogP contribution < -0.4 is 18.9 Å². The zero-order valence-electron chi connectivity index (χ0n) is 20.4. The minimum atomic E-state index is -0.828. The molecule has 9 heteroatoms. The molecule has 186 valence electrons. The zero-order valence-corrected chi connectivity index (χ0v) is 20.4. The van der Waals surface area contributed by atoms with Gasteiger partial charge in [0.2, 0.25) is 0 Å². The van der Waals surface area contributed by atoms with Gasteiger partial charge in [-0.3, -0.25) is 9.59 Å². The van der Waals surface area contributed by atoms with Gasteiger partial charge in [-0.05, 0) is 57.4 Å². The van der Waals surface area contributed by atoms with Crippen LogP contribution in [0.5, 0.6) is 23.0 Å². The molecule has 1 N–H and O–H groups in total. The number of Topliss-reactive ketones (excluding diaryl/α,β-unsaturated/α-hetero) is 1. The summed E-state index contributed by atoms with van der Waals surface area (Å²) in [6.45, 7) is 1.89. The number of methoxy groups -OCH3 is 2. The van der Waals surface area contributed by atoms with Crippen molar-refractivity contribution in [3.05, 3.63) is 53.1 Å². The standard InChI is InChI=1S/C26H30N2O7/c1-27(2)10-5-11-28-23(18-8-7-17(32-3)15-20(18)33-4)22(25(30)26(28)31)24(29)16-6-9-19-21(14-16)35-13-12-34-19/h6-9,14-15,23,29H,5,10-13H2,1-4H3/t23-/m1/s1. The molecule has 1 atom stereocenters. The Kier molecular flexibility index (Phi) is 7.16. The van der Waals surface area contributed by atoms with Gasteiger partial charge in [-0.1, -0.05) is 0 Å². The first kappa shape index (κ1) is 24.4. The Morgan fingerprint density at radius 3 is 2.49 bits per heavy atom. The Morgan fingerprint density at radius 1 is 1.06 bits per heavy atom. The molecule has 2 heterocycles. The van der Waals surface area contributed by atoms with Gasteiger partial charge in [0.05, 0.1) is 25.8 Å². The number of aliphatic hydroxyl groups excluding tert-OH is 1. The number of ether oxygens (including phenoxy) is 4. The van der Waals surface area contributed by atoms with E-state index in [4.69, 9.17) is 18.9 Å². The summed E-state index contributed by atoms with van der Waals surface area (Å²) in [7, 11) is 6.95.